The van der Waals surface area contributed by atoms with Gasteiger partial charge in [0, 0.05) is 18.7 Å². The van der Waals surface area contributed by atoms with Crippen molar-refractivity contribution in [2.45, 2.75) is 29.8 Å². The van der Waals surface area contributed by atoms with Crippen LogP contribution < -0.4 is 4.74 Å². The SMILES string of the molecule is COc1cccc(-c2nnc(S[C@H](C(=O)N3CCCC3)c3ccccc3)n2Cc2ccco2)c1. The molecule has 2 aromatic carbocycles. The molecule has 7 nitrogen and oxygen atoms in total. The Labute approximate surface area is 202 Å². The third-order valence-electron chi connectivity index (χ3n) is 5.91. The van der Waals surface area contributed by atoms with E-state index >= 15 is 0 Å². The normalized spacial score (nSPS) is 14.3. The maximum absolute atomic E-state index is 13.6. The van der Waals surface area contributed by atoms with Gasteiger partial charge in [0.1, 0.15) is 16.8 Å². The van der Waals surface area contributed by atoms with E-state index in [1.165, 1.54) is 11.8 Å². The topological polar surface area (TPSA) is 73.4 Å². The number of ether oxygens (including phenoxy) is 1. The first-order valence-corrected chi connectivity index (χ1v) is 12.2. The number of rotatable bonds is 8. The molecule has 174 valence electrons. The molecule has 0 saturated carbocycles. The van der Waals surface area contributed by atoms with Gasteiger partial charge < -0.3 is 14.1 Å². The summed E-state index contributed by atoms with van der Waals surface area (Å²) >= 11 is 1.44. The van der Waals surface area contributed by atoms with Gasteiger partial charge >= 0.3 is 0 Å². The van der Waals surface area contributed by atoms with Gasteiger partial charge in [-0.05, 0) is 42.7 Å². The monoisotopic (exact) mass is 474 g/mol. The van der Waals surface area contributed by atoms with Crippen LogP contribution in [-0.4, -0.2) is 45.8 Å². The van der Waals surface area contributed by atoms with Gasteiger partial charge in [-0.25, -0.2) is 0 Å². The molecule has 0 radical (unpaired) electrons. The molecule has 0 N–H and O–H groups in total. The molecule has 3 heterocycles. The summed E-state index contributed by atoms with van der Waals surface area (Å²) < 4.78 is 13.0. The zero-order valence-corrected chi connectivity index (χ0v) is 19.8. The van der Waals surface area contributed by atoms with Crippen LogP contribution in [0.5, 0.6) is 5.75 Å². The number of carbonyl (C=O) groups is 1. The van der Waals surface area contributed by atoms with Crippen molar-refractivity contribution in [3.63, 3.8) is 0 Å². The molecule has 4 aromatic rings. The molecule has 1 aliphatic heterocycles. The van der Waals surface area contributed by atoms with Crippen LogP contribution in [0.4, 0.5) is 0 Å². The van der Waals surface area contributed by atoms with Crippen LogP contribution >= 0.6 is 11.8 Å². The fourth-order valence-corrected chi connectivity index (χ4v) is 5.27. The van der Waals surface area contributed by atoms with Crippen molar-refractivity contribution in [1.82, 2.24) is 19.7 Å². The van der Waals surface area contributed by atoms with E-state index in [9.17, 15) is 4.79 Å². The minimum atomic E-state index is -0.406. The molecule has 0 bridgehead atoms. The van der Waals surface area contributed by atoms with E-state index in [0.29, 0.717) is 17.5 Å². The Balaban J connectivity index is 1.54. The van der Waals surface area contributed by atoms with Gasteiger partial charge in [0.25, 0.3) is 0 Å². The number of methoxy groups -OCH3 is 1. The summed E-state index contributed by atoms with van der Waals surface area (Å²) in [7, 11) is 1.64. The van der Waals surface area contributed by atoms with Gasteiger partial charge in [-0.1, -0.05) is 54.2 Å². The van der Waals surface area contributed by atoms with Crippen LogP contribution in [0.2, 0.25) is 0 Å². The van der Waals surface area contributed by atoms with Crippen LogP contribution in [0.15, 0.2) is 82.6 Å². The highest BCUT2D eigenvalue weighted by molar-refractivity contribution is 8.00. The number of furan rings is 1. The van der Waals surface area contributed by atoms with Crippen LogP contribution in [0, 0.1) is 0 Å². The third-order valence-corrected chi connectivity index (χ3v) is 7.13. The standard InChI is InChI=1S/C26H26N4O3S/c1-32-21-12-7-11-20(17-21)24-27-28-26(30(24)18-22-13-8-16-33-22)34-23(19-9-3-2-4-10-19)25(31)29-14-5-6-15-29/h2-4,7-13,16-17,23H,5-6,14-15,18H2,1H3/t23-/m0/s1. The first-order valence-electron chi connectivity index (χ1n) is 11.3. The fourth-order valence-electron chi connectivity index (χ4n) is 4.15. The average molecular weight is 475 g/mol. The predicted octanol–water partition coefficient (Wildman–Crippen LogP) is 5.05. The molecular formula is C26H26N4O3S. The van der Waals surface area contributed by atoms with Gasteiger partial charge in [0.2, 0.25) is 5.91 Å². The molecule has 1 aliphatic rings. The lowest BCUT2D eigenvalue weighted by atomic mass is 10.1. The van der Waals surface area contributed by atoms with E-state index in [4.69, 9.17) is 9.15 Å². The largest absolute Gasteiger partial charge is 0.497 e. The summed E-state index contributed by atoms with van der Waals surface area (Å²) in [6.07, 6.45) is 3.75. The van der Waals surface area contributed by atoms with Crippen molar-refractivity contribution in [3.05, 3.63) is 84.3 Å². The lowest BCUT2D eigenvalue weighted by Crippen LogP contribution is -2.31. The molecule has 8 heteroatoms. The van der Waals surface area contributed by atoms with Crippen LogP contribution in [0.3, 0.4) is 0 Å². The van der Waals surface area contributed by atoms with Gasteiger partial charge in [-0.2, -0.15) is 0 Å². The van der Waals surface area contributed by atoms with Crippen LogP contribution in [0.25, 0.3) is 11.4 Å². The first-order chi connectivity index (χ1) is 16.7. The predicted molar refractivity (Wildman–Crippen MR) is 131 cm³/mol. The van der Waals surface area contributed by atoms with Crippen LogP contribution in [0.1, 0.15) is 29.4 Å². The first kappa shape index (κ1) is 22.3. The molecule has 1 fully saturated rings. The Kier molecular flexibility index (Phi) is 6.67. The quantitative estimate of drug-likeness (QED) is 0.333. The smallest absolute Gasteiger partial charge is 0.240 e. The molecule has 1 amide bonds. The number of hydrogen-bond acceptors (Lipinski definition) is 6. The Bertz CT molecular complexity index is 1230. The van der Waals surface area contributed by atoms with Gasteiger partial charge in [-0.3, -0.25) is 9.36 Å². The summed E-state index contributed by atoms with van der Waals surface area (Å²) in [5.74, 6) is 2.33. The second-order valence-electron chi connectivity index (χ2n) is 8.14. The Morgan fingerprint density at radius 1 is 1.06 bits per heavy atom. The number of nitrogens with zero attached hydrogens (tertiary/aromatic N) is 4. The molecule has 5 rings (SSSR count). The zero-order valence-electron chi connectivity index (χ0n) is 19.0. The maximum atomic E-state index is 13.6. The third kappa shape index (κ3) is 4.72. The van der Waals surface area contributed by atoms with Gasteiger partial charge in [0.05, 0.1) is 19.9 Å². The van der Waals surface area contributed by atoms with Crippen molar-refractivity contribution in [2.75, 3.05) is 20.2 Å². The lowest BCUT2D eigenvalue weighted by molar-refractivity contribution is -0.129. The molecule has 0 aliphatic carbocycles. The van der Waals surface area contributed by atoms with E-state index in [1.807, 2.05) is 76.2 Å². The highest BCUT2D eigenvalue weighted by Crippen LogP contribution is 2.38. The van der Waals surface area contributed by atoms with E-state index in [-0.39, 0.29) is 5.91 Å². The highest BCUT2D eigenvalue weighted by atomic mass is 32.2. The van der Waals surface area contributed by atoms with Crippen molar-refractivity contribution in [2.24, 2.45) is 0 Å². The minimum Gasteiger partial charge on any atom is -0.497 e. The number of amides is 1. The molecular weight excluding hydrogens is 448 g/mol. The summed E-state index contributed by atoms with van der Waals surface area (Å²) in [5.41, 5.74) is 1.84. The fraction of sp³-hybridized carbons (Fsp3) is 0.269. The Hall–Kier alpha value is -3.52. The van der Waals surface area contributed by atoms with E-state index in [2.05, 4.69) is 10.2 Å². The van der Waals surface area contributed by atoms with Crippen molar-refractivity contribution < 1.29 is 13.9 Å². The molecule has 1 atom stereocenters. The second-order valence-corrected chi connectivity index (χ2v) is 9.22. The molecule has 2 aromatic heterocycles. The summed E-state index contributed by atoms with van der Waals surface area (Å²) in [6, 6.07) is 21.4. The van der Waals surface area contributed by atoms with Gasteiger partial charge in [-0.15, -0.1) is 10.2 Å². The highest BCUT2D eigenvalue weighted by Gasteiger charge is 2.31. The molecule has 1 saturated heterocycles. The number of aromatic nitrogens is 3. The number of carbonyl (C=O) groups excluding carboxylic acids is 1. The number of thioether (sulfide) groups is 1. The number of likely N-dealkylation sites (tertiary alicyclic amines) is 1. The van der Waals surface area contributed by atoms with Crippen LogP contribution in [-0.2, 0) is 11.3 Å². The minimum absolute atomic E-state index is 0.115. The van der Waals surface area contributed by atoms with E-state index < -0.39 is 5.25 Å². The van der Waals surface area contributed by atoms with Crippen molar-refractivity contribution >= 4 is 17.7 Å². The van der Waals surface area contributed by atoms with E-state index in [0.717, 1.165) is 48.6 Å². The Morgan fingerprint density at radius 2 is 1.88 bits per heavy atom. The number of hydrogen-bond donors (Lipinski definition) is 0. The van der Waals surface area contributed by atoms with E-state index in [1.54, 1.807) is 13.4 Å². The summed E-state index contributed by atoms with van der Waals surface area (Å²) in [4.78, 5) is 15.5. The maximum Gasteiger partial charge on any atom is 0.240 e. The number of benzene rings is 2. The Morgan fingerprint density at radius 3 is 2.62 bits per heavy atom. The molecule has 0 spiro atoms. The summed E-state index contributed by atoms with van der Waals surface area (Å²) in [6.45, 7) is 2.06. The lowest BCUT2D eigenvalue weighted by Gasteiger charge is -2.23. The zero-order chi connectivity index (χ0) is 23.3. The van der Waals surface area contributed by atoms with Gasteiger partial charge in [0.15, 0.2) is 11.0 Å². The molecule has 0 unspecified atom stereocenters. The van der Waals surface area contributed by atoms with Crippen molar-refractivity contribution in [1.29, 1.82) is 0 Å². The van der Waals surface area contributed by atoms with Crippen molar-refractivity contribution in [3.8, 4) is 17.1 Å². The summed E-state index contributed by atoms with van der Waals surface area (Å²) in [5, 5.41) is 9.30. The molecule has 34 heavy (non-hydrogen) atoms. The average Bonchev–Trinajstić information content (AvgIpc) is 3.66. The second kappa shape index (κ2) is 10.2.